The Morgan fingerprint density at radius 3 is 2.77 bits per heavy atom. The molecule has 0 saturated carbocycles. The summed E-state index contributed by atoms with van der Waals surface area (Å²) in [6, 6.07) is 12.0. The minimum Gasteiger partial charge on any atom is -0.493 e. The largest absolute Gasteiger partial charge is 0.493 e. The van der Waals surface area contributed by atoms with E-state index >= 15 is 0 Å². The van der Waals surface area contributed by atoms with E-state index in [4.69, 9.17) is 4.74 Å². The van der Waals surface area contributed by atoms with Gasteiger partial charge in [-0.25, -0.2) is 9.97 Å². The first-order chi connectivity index (χ1) is 12.7. The van der Waals surface area contributed by atoms with E-state index in [2.05, 4.69) is 43.3 Å². The highest BCUT2D eigenvalue weighted by Gasteiger charge is 2.13. The summed E-state index contributed by atoms with van der Waals surface area (Å²) in [5.41, 5.74) is 1.27. The van der Waals surface area contributed by atoms with Crippen LogP contribution in [0.15, 0.2) is 47.1 Å². The second-order valence-corrected chi connectivity index (χ2v) is 7.61. The molecule has 0 bridgehead atoms. The average molecular weight is 434 g/mol. The Balaban J connectivity index is 1.67. The number of nitrogens with zero attached hydrogens (tertiary/aromatic N) is 2. The van der Waals surface area contributed by atoms with Gasteiger partial charge < -0.3 is 15.2 Å². The fourth-order valence-electron chi connectivity index (χ4n) is 2.47. The fraction of sp³-hybridized carbons (Fsp3) is 0.263. The van der Waals surface area contributed by atoms with Crippen LogP contribution in [0.4, 0.5) is 5.82 Å². The van der Waals surface area contributed by atoms with Crippen LogP contribution in [0.2, 0.25) is 0 Å². The molecule has 0 radical (unpaired) electrons. The van der Waals surface area contributed by atoms with Gasteiger partial charge in [0.2, 0.25) is 0 Å². The number of aliphatic hydroxyl groups excluding tert-OH is 1. The molecule has 0 amide bonds. The van der Waals surface area contributed by atoms with Gasteiger partial charge in [0, 0.05) is 23.3 Å². The molecular weight excluding hydrogens is 414 g/mol. The zero-order chi connectivity index (χ0) is 18.4. The van der Waals surface area contributed by atoms with E-state index in [1.807, 2.05) is 31.2 Å². The van der Waals surface area contributed by atoms with Gasteiger partial charge >= 0.3 is 0 Å². The van der Waals surface area contributed by atoms with Crippen molar-refractivity contribution in [3.63, 3.8) is 0 Å². The smallest absolute Gasteiger partial charge is 0.171 e. The Kier molecular flexibility index (Phi) is 6.60. The molecule has 2 aromatic heterocycles. The number of ether oxygens (including phenoxy) is 1. The second-order valence-electron chi connectivity index (χ2n) is 5.56. The summed E-state index contributed by atoms with van der Waals surface area (Å²) in [4.78, 5) is 10.6. The molecule has 0 aliphatic carbocycles. The standard InChI is InChI=1S/C19H20BrN3O2S/c1-2-25-15-11-16(26-17(15)12-24)19-22-10-8-18(23-19)21-9-7-13-3-5-14(20)6-4-13/h3-6,8,10-11,24H,2,7,9,12H2,1H3,(H,21,22,23). The predicted molar refractivity (Wildman–Crippen MR) is 109 cm³/mol. The topological polar surface area (TPSA) is 67.3 Å². The zero-order valence-electron chi connectivity index (χ0n) is 14.4. The van der Waals surface area contributed by atoms with Crippen LogP contribution in [0.3, 0.4) is 0 Å². The highest BCUT2D eigenvalue weighted by molar-refractivity contribution is 9.10. The van der Waals surface area contributed by atoms with Crippen molar-refractivity contribution in [1.82, 2.24) is 9.97 Å². The van der Waals surface area contributed by atoms with Crippen molar-refractivity contribution in [2.45, 2.75) is 20.0 Å². The summed E-state index contributed by atoms with van der Waals surface area (Å²) in [6.45, 7) is 3.21. The van der Waals surface area contributed by atoms with Gasteiger partial charge in [-0.3, -0.25) is 0 Å². The van der Waals surface area contributed by atoms with Gasteiger partial charge in [0.1, 0.15) is 11.6 Å². The van der Waals surface area contributed by atoms with Crippen LogP contribution >= 0.6 is 27.3 Å². The number of hydrogen-bond donors (Lipinski definition) is 2. The van der Waals surface area contributed by atoms with Crippen molar-refractivity contribution in [1.29, 1.82) is 0 Å². The summed E-state index contributed by atoms with van der Waals surface area (Å²) in [6.07, 6.45) is 2.65. The monoisotopic (exact) mass is 433 g/mol. The molecule has 0 fully saturated rings. The van der Waals surface area contributed by atoms with E-state index in [9.17, 15) is 5.11 Å². The number of halogens is 1. The van der Waals surface area contributed by atoms with Crippen LogP contribution in [-0.4, -0.2) is 28.2 Å². The first kappa shape index (κ1) is 18.8. The van der Waals surface area contributed by atoms with Gasteiger partial charge in [-0.2, -0.15) is 0 Å². The summed E-state index contributed by atoms with van der Waals surface area (Å²) < 4.78 is 6.64. The SMILES string of the molecule is CCOc1cc(-c2nccc(NCCc3ccc(Br)cc3)n2)sc1CO. The van der Waals surface area contributed by atoms with Crippen LogP contribution in [0.25, 0.3) is 10.7 Å². The summed E-state index contributed by atoms with van der Waals surface area (Å²) in [5.74, 6) is 2.11. The molecule has 0 aliphatic rings. The number of nitrogens with one attached hydrogen (secondary N) is 1. The number of hydrogen-bond acceptors (Lipinski definition) is 6. The first-order valence-electron chi connectivity index (χ1n) is 8.37. The zero-order valence-corrected chi connectivity index (χ0v) is 16.8. The van der Waals surface area contributed by atoms with Crippen LogP contribution in [-0.2, 0) is 13.0 Å². The quantitative estimate of drug-likeness (QED) is 0.546. The van der Waals surface area contributed by atoms with Crippen LogP contribution in [0, 0.1) is 0 Å². The van der Waals surface area contributed by atoms with Crippen molar-refractivity contribution < 1.29 is 9.84 Å². The minimum atomic E-state index is -0.0505. The van der Waals surface area contributed by atoms with E-state index in [1.165, 1.54) is 16.9 Å². The molecule has 7 heteroatoms. The average Bonchev–Trinajstić information content (AvgIpc) is 3.07. The maximum absolute atomic E-state index is 9.48. The molecule has 1 aromatic carbocycles. The minimum absolute atomic E-state index is 0.0505. The molecule has 0 spiro atoms. The molecular formula is C19H20BrN3O2S. The molecule has 3 aromatic rings. The number of benzene rings is 1. The maximum Gasteiger partial charge on any atom is 0.171 e. The Morgan fingerprint density at radius 2 is 2.04 bits per heavy atom. The van der Waals surface area contributed by atoms with E-state index in [0.29, 0.717) is 18.2 Å². The number of thiophene rings is 1. The van der Waals surface area contributed by atoms with Crippen LogP contribution < -0.4 is 10.1 Å². The number of anilines is 1. The lowest BCUT2D eigenvalue weighted by Gasteiger charge is -2.06. The Labute approximate surface area is 165 Å². The van der Waals surface area contributed by atoms with E-state index in [1.54, 1.807) is 6.20 Å². The van der Waals surface area contributed by atoms with Gasteiger partial charge in [-0.1, -0.05) is 28.1 Å². The predicted octanol–water partition coefficient (Wildman–Crippen LogP) is 4.51. The summed E-state index contributed by atoms with van der Waals surface area (Å²) in [7, 11) is 0. The fourth-order valence-corrected chi connectivity index (χ4v) is 3.64. The molecule has 2 heterocycles. The lowest BCUT2D eigenvalue weighted by Crippen LogP contribution is -2.06. The van der Waals surface area contributed by atoms with Gasteiger partial charge in [-0.05, 0) is 37.1 Å². The molecule has 0 unspecified atom stereocenters. The number of rotatable bonds is 8. The molecule has 0 atom stereocenters. The van der Waals surface area contributed by atoms with E-state index < -0.39 is 0 Å². The highest BCUT2D eigenvalue weighted by atomic mass is 79.9. The third-order valence-corrected chi connectivity index (χ3v) is 5.35. The van der Waals surface area contributed by atoms with Crippen LogP contribution in [0.5, 0.6) is 5.75 Å². The molecule has 2 N–H and O–H groups in total. The Hall–Kier alpha value is -1.96. The third kappa shape index (κ3) is 4.81. The lowest BCUT2D eigenvalue weighted by molar-refractivity contribution is 0.272. The Bertz CT molecular complexity index is 852. The van der Waals surface area contributed by atoms with Gasteiger partial charge in [-0.15, -0.1) is 11.3 Å². The van der Waals surface area contributed by atoms with Crippen molar-refractivity contribution >= 4 is 33.1 Å². The number of aliphatic hydroxyl groups is 1. The molecule has 5 nitrogen and oxygen atoms in total. The molecule has 0 saturated heterocycles. The second kappa shape index (κ2) is 9.12. The van der Waals surface area contributed by atoms with Crippen molar-refractivity contribution in [3.8, 4) is 16.5 Å². The summed E-state index contributed by atoms with van der Waals surface area (Å²) >= 11 is 4.90. The highest BCUT2D eigenvalue weighted by Crippen LogP contribution is 2.35. The Morgan fingerprint density at radius 1 is 1.23 bits per heavy atom. The first-order valence-corrected chi connectivity index (χ1v) is 9.98. The van der Waals surface area contributed by atoms with Gasteiger partial charge in [0.25, 0.3) is 0 Å². The normalized spacial score (nSPS) is 10.7. The van der Waals surface area contributed by atoms with Crippen LogP contribution in [0.1, 0.15) is 17.4 Å². The van der Waals surface area contributed by atoms with Crippen molar-refractivity contribution in [2.75, 3.05) is 18.5 Å². The van der Waals surface area contributed by atoms with Crippen molar-refractivity contribution in [2.24, 2.45) is 0 Å². The third-order valence-electron chi connectivity index (χ3n) is 3.72. The molecule has 0 aliphatic heterocycles. The lowest BCUT2D eigenvalue weighted by atomic mass is 10.1. The molecule has 136 valence electrons. The van der Waals surface area contributed by atoms with E-state index in [0.717, 1.165) is 33.0 Å². The summed E-state index contributed by atoms with van der Waals surface area (Å²) in [5, 5.41) is 12.8. The maximum atomic E-state index is 9.48. The van der Waals surface area contributed by atoms with E-state index in [-0.39, 0.29) is 6.61 Å². The molecule has 26 heavy (non-hydrogen) atoms. The van der Waals surface area contributed by atoms with Gasteiger partial charge in [0.05, 0.1) is 23.0 Å². The number of aromatic nitrogens is 2. The van der Waals surface area contributed by atoms with Crippen molar-refractivity contribution in [3.05, 3.63) is 57.5 Å². The van der Waals surface area contributed by atoms with Gasteiger partial charge in [0.15, 0.2) is 5.82 Å². The molecule has 3 rings (SSSR count).